The largest absolute Gasteiger partial charge is 0.489 e. The molecule has 3 rings (SSSR count). The first-order valence-electron chi connectivity index (χ1n) is 7.83. The van der Waals surface area contributed by atoms with E-state index in [0.717, 1.165) is 22.4 Å². The number of aryl methyl sites for hydroxylation is 1. The minimum absolute atomic E-state index is 0.432. The maximum Gasteiger partial charge on any atom is 0.337 e. The van der Waals surface area contributed by atoms with Crippen LogP contribution in [0.2, 0.25) is 0 Å². The highest BCUT2D eigenvalue weighted by atomic mass is 16.7. The zero-order valence-electron chi connectivity index (χ0n) is 14.0. The standard InChI is InChI=1S/C20H20O4/c1-13-11-16(23-12-15-7-5-4-6-8-15)9-10-17(13)18-14(2)19(21)24-20(18,3)22/h4-11,22H,12H2,1-3H3/t20-/m1/s1. The summed E-state index contributed by atoms with van der Waals surface area (Å²) in [6.45, 7) is 5.55. The summed E-state index contributed by atoms with van der Waals surface area (Å²) in [4.78, 5) is 11.7. The van der Waals surface area contributed by atoms with Gasteiger partial charge in [-0.25, -0.2) is 4.79 Å². The normalized spacial score (nSPS) is 20.2. The Morgan fingerprint density at radius 2 is 1.83 bits per heavy atom. The van der Waals surface area contributed by atoms with Crippen LogP contribution in [0.1, 0.15) is 30.5 Å². The molecule has 0 saturated heterocycles. The predicted octanol–water partition coefficient (Wildman–Crippen LogP) is 3.61. The second-order valence-corrected chi connectivity index (χ2v) is 6.12. The molecular formula is C20H20O4. The molecule has 0 radical (unpaired) electrons. The highest BCUT2D eigenvalue weighted by Gasteiger charge is 2.41. The minimum Gasteiger partial charge on any atom is -0.489 e. The quantitative estimate of drug-likeness (QED) is 0.873. The third-order valence-corrected chi connectivity index (χ3v) is 4.15. The average molecular weight is 324 g/mol. The number of benzene rings is 2. The molecule has 0 fully saturated rings. The second-order valence-electron chi connectivity index (χ2n) is 6.12. The fourth-order valence-corrected chi connectivity index (χ4v) is 2.96. The molecule has 1 aliphatic rings. The van der Waals surface area contributed by atoms with Gasteiger partial charge in [-0.2, -0.15) is 0 Å². The van der Waals surface area contributed by atoms with Crippen LogP contribution < -0.4 is 4.74 Å². The predicted molar refractivity (Wildman–Crippen MR) is 91.3 cm³/mol. The number of ether oxygens (including phenoxy) is 2. The van der Waals surface area contributed by atoms with Crippen LogP contribution in [0.3, 0.4) is 0 Å². The molecule has 1 heterocycles. The molecule has 0 spiro atoms. The summed E-state index contributed by atoms with van der Waals surface area (Å²) in [5.74, 6) is -1.35. The van der Waals surface area contributed by atoms with Crippen molar-refractivity contribution in [2.75, 3.05) is 0 Å². The number of carbonyl (C=O) groups is 1. The molecule has 124 valence electrons. The third-order valence-electron chi connectivity index (χ3n) is 4.15. The monoisotopic (exact) mass is 324 g/mol. The average Bonchev–Trinajstić information content (AvgIpc) is 2.75. The lowest BCUT2D eigenvalue weighted by Crippen LogP contribution is -2.26. The lowest BCUT2D eigenvalue weighted by molar-refractivity contribution is -0.170. The van der Waals surface area contributed by atoms with Crippen molar-refractivity contribution >= 4 is 11.5 Å². The van der Waals surface area contributed by atoms with Crippen LogP contribution >= 0.6 is 0 Å². The van der Waals surface area contributed by atoms with Gasteiger partial charge < -0.3 is 14.6 Å². The van der Waals surface area contributed by atoms with Crippen molar-refractivity contribution in [1.82, 2.24) is 0 Å². The molecular weight excluding hydrogens is 304 g/mol. The lowest BCUT2D eigenvalue weighted by atomic mass is 9.92. The number of esters is 1. The number of rotatable bonds is 4. The Kier molecular flexibility index (Phi) is 4.16. The van der Waals surface area contributed by atoms with Crippen LogP contribution in [0.5, 0.6) is 5.75 Å². The van der Waals surface area contributed by atoms with Crippen molar-refractivity contribution in [2.24, 2.45) is 0 Å². The van der Waals surface area contributed by atoms with Crippen LogP contribution in [0.25, 0.3) is 5.57 Å². The molecule has 1 atom stereocenters. The Labute approximate surface area is 141 Å². The van der Waals surface area contributed by atoms with Crippen LogP contribution in [0.4, 0.5) is 0 Å². The van der Waals surface area contributed by atoms with Crippen molar-refractivity contribution in [3.05, 3.63) is 70.8 Å². The number of aliphatic hydroxyl groups is 1. The SMILES string of the molecule is CC1=C(c2ccc(OCc3ccccc3)cc2C)[C@](C)(O)OC1=O. The van der Waals surface area contributed by atoms with Gasteiger partial charge in [-0.15, -0.1) is 0 Å². The molecule has 0 unspecified atom stereocenters. The van der Waals surface area contributed by atoms with Crippen LogP contribution in [-0.4, -0.2) is 16.9 Å². The van der Waals surface area contributed by atoms with E-state index >= 15 is 0 Å². The van der Waals surface area contributed by atoms with E-state index in [-0.39, 0.29) is 0 Å². The zero-order valence-corrected chi connectivity index (χ0v) is 14.0. The molecule has 0 amide bonds. The van der Waals surface area contributed by atoms with E-state index in [1.807, 2.05) is 55.5 Å². The van der Waals surface area contributed by atoms with Gasteiger partial charge in [0.2, 0.25) is 5.79 Å². The van der Waals surface area contributed by atoms with Gasteiger partial charge in [-0.05, 0) is 42.7 Å². The second kappa shape index (κ2) is 6.13. The van der Waals surface area contributed by atoms with Crippen molar-refractivity contribution in [1.29, 1.82) is 0 Å². The summed E-state index contributed by atoms with van der Waals surface area (Å²) in [5, 5.41) is 10.4. The van der Waals surface area contributed by atoms with E-state index in [1.165, 1.54) is 6.92 Å². The Hall–Kier alpha value is -2.59. The number of carbonyl (C=O) groups excluding carboxylic acids is 1. The zero-order chi connectivity index (χ0) is 17.3. The van der Waals surface area contributed by atoms with E-state index < -0.39 is 11.8 Å². The number of hydrogen-bond acceptors (Lipinski definition) is 4. The maximum atomic E-state index is 11.7. The van der Waals surface area contributed by atoms with E-state index in [2.05, 4.69) is 0 Å². The molecule has 1 aliphatic heterocycles. The molecule has 0 saturated carbocycles. The first-order chi connectivity index (χ1) is 11.4. The Balaban J connectivity index is 1.84. The molecule has 0 aromatic heterocycles. The van der Waals surface area contributed by atoms with Gasteiger partial charge >= 0.3 is 5.97 Å². The first-order valence-corrected chi connectivity index (χ1v) is 7.83. The van der Waals surface area contributed by atoms with E-state index in [0.29, 0.717) is 17.8 Å². The van der Waals surface area contributed by atoms with E-state index in [4.69, 9.17) is 9.47 Å². The smallest absolute Gasteiger partial charge is 0.337 e. The fourth-order valence-electron chi connectivity index (χ4n) is 2.96. The van der Waals surface area contributed by atoms with Gasteiger partial charge in [0, 0.05) is 18.1 Å². The summed E-state index contributed by atoms with van der Waals surface area (Å²) < 4.78 is 10.8. The summed E-state index contributed by atoms with van der Waals surface area (Å²) in [6, 6.07) is 15.5. The third kappa shape index (κ3) is 3.05. The maximum absolute atomic E-state index is 11.7. The molecule has 0 aliphatic carbocycles. The van der Waals surface area contributed by atoms with Crippen LogP contribution in [0.15, 0.2) is 54.1 Å². The van der Waals surface area contributed by atoms with Crippen molar-refractivity contribution in [3.63, 3.8) is 0 Å². The molecule has 4 nitrogen and oxygen atoms in total. The lowest BCUT2D eigenvalue weighted by Gasteiger charge is -2.21. The summed E-state index contributed by atoms with van der Waals surface area (Å²) in [5.41, 5.74) is 3.74. The van der Waals surface area contributed by atoms with Gasteiger partial charge in [-0.1, -0.05) is 36.4 Å². The van der Waals surface area contributed by atoms with Gasteiger partial charge in [0.1, 0.15) is 12.4 Å². The van der Waals surface area contributed by atoms with Gasteiger partial charge in [-0.3, -0.25) is 0 Å². The Morgan fingerprint density at radius 1 is 1.12 bits per heavy atom. The highest BCUT2D eigenvalue weighted by Crippen LogP contribution is 2.39. The van der Waals surface area contributed by atoms with Crippen molar-refractivity contribution in [2.45, 2.75) is 33.2 Å². The molecule has 4 heteroatoms. The molecule has 24 heavy (non-hydrogen) atoms. The van der Waals surface area contributed by atoms with Crippen molar-refractivity contribution in [3.8, 4) is 5.75 Å². The molecule has 2 aromatic carbocycles. The molecule has 0 bridgehead atoms. The fraction of sp³-hybridized carbons (Fsp3) is 0.250. The van der Waals surface area contributed by atoms with Gasteiger partial charge in [0.05, 0.1) is 0 Å². The topological polar surface area (TPSA) is 55.8 Å². The summed E-state index contributed by atoms with van der Waals surface area (Å²) in [7, 11) is 0. The first kappa shape index (κ1) is 16.3. The van der Waals surface area contributed by atoms with Gasteiger partial charge in [0.25, 0.3) is 0 Å². The van der Waals surface area contributed by atoms with Crippen molar-refractivity contribution < 1.29 is 19.4 Å². The summed E-state index contributed by atoms with van der Waals surface area (Å²) in [6.07, 6.45) is 0. The van der Waals surface area contributed by atoms with Gasteiger partial charge in [0.15, 0.2) is 0 Å². The van der Waals surface area contributed by atoms with Crippen LogP contribution in [0, 0.1) is 6.92 Å². The molecule has 2 aromatic rings. The highest BCUT2D eigenvalue weighted by molar-refractivity contribution is 6.03. The van der Waals surface area contributed by atoms with E-state index in [1.54, 1.807) is 6.92 Å². The minimum atomic E-state index is -1.60. The summed E-state index contributed by atoms with van der Waals surface area (Å²) >= 11 is 0. The Bertz CT molecular complexity index is 804. The number of hydrogen-bond donors (Lipinski definition) is 1. The van der Waals surface area contributed by atoms with Crippen LogP contribution in [-0.2, 0) is 16.1 Å². The Morgan fingerprint density at radius 3 is 2.42 bits per heavy atom. The van der Waals surface area contributed by atoms with E-state index in [9.17, 15) is 9.90 Å². The molecule has 1 N–H and O–H groups in total. The number of cyclic esters (lactones) is 1.